The molecule has 0 aliphatic heterocycles. The molecule has 4 nitrogen and oxygen atoms in total. The van der Waals surface area contributed by atoms with Gasteiger partial charge in [-0.3, -0.25) is 4.98 Å². The second kappa shape index (κ2) is 5.24. The maximum Gasteiger partial charge on any atom is 0.141 e. The van der Waals surface area contributed by atoms with E-state index >= 15 is 0 Å². The summed E-state index contributed by atoms with van der Waals surface area (Å²) >= 11 is 0. The first-order chi connectivity index (χ1) is 12.3. The van der Waals surface area contributed by atoms with Crippen molar-refractivity contribution in [2.75, 3.05) is 0 Å². The molecule has 0 amide bonds. The van der Waals surface area contributed by atoms with Crippen LogP contribution in [0, 0.1) is 0 Å². The van der Waals surface area contributed by atoms with Crippen molar-refractivity contribution < 1.29 is 5.11 Å². The second-order valence-corrected chi connectivity index (χ2v) is 5.95. The first-order valence-corrected chi connectivity index (χ1v) is 8.03. The molecular weight excluding hydrogens is 310 g/mol. The fourth-order valence-electron chi connectivity index (χ4n) is 3.14. The summed E-state index contributed by atoms with van der Waals surface area (Å²) in [7, 11) is 0. The van der Waals surface area contributed by atoms with Gasteiger partial charge in [-0.05, 0) is 24.3 Å². The molecule has 0 aliphatic carbocycles. The Morgan fingerprint density at radius 1 is 0.560 bits per heavy atom. The molecule has 5 rings (SSSR count). The monoisotopic (exact) mass is 323 g/mol. The van der Waals surface area contributed by atoms with Crippen molar-refractivity contribution in [2.45, 2.75) is 0 Å². The van der Waals surface area contributed by atoms with Gasteiger partial charge in [-0.1, -0.05) is 42.5 Å². The molecule has 0 spiro atoms. The summed E-state index contributed by atoms with van der Waals surface area (Å²) in [5.41, 5.74) is 3.80. The highest BCUT2D eigenvalue weighted by atomic mass is 16.3. The Morgan fingerprint density at radius 2 is 1.16 bits per heavy atom. The highest BCUT2D eigenvalue weighted by molar-refractivity contribution is 6.03. The van der Waals surface area contributed by atoms with Gasteiger partial charge in [0.1, 0.15) is 11.3 Å². The quantitative estimate of drug-likeness (QED) is 0.454. The number of fused-ring (bicyclic) bond motifs is 4. The molecule has 0 aliphatic rings. The van der Waals surface area contributed by atoms with E-state index in [2.05, 4.69) is 22.1 Å². The summed E-state index contributed by atoms with van der Waals surface area (Å²) in [6.07, 6.45) is 1.78. The Hall–Kier alpha value is -3.53. The normalized spacial score (nSPS) is 11.4. The topological polar surface area (TPSA) is 58.9 Å². The van der Waals surface area contributed by atoms with E-state index < -0.39 is 0 Å². The molecule has 2 aromatic carbocycles. The number of nitrogens with zero attached hydrogens (tertiary/aromatic N) is 3. The predicted molar refractivity (Wildman–Crippen MR) is 99.4 cm³/mol. The molecule has 0 bridgehead atoms. The van der Waals surface area contributed by atoms with Gasteiger partial charge in [-0.25, -0.2) is 9.97 Å². The summed E-state index contributed by atoms with van der Waals surface area (Å²) in [4.78, 5) is 13.9. The van der Waals surface area contributed by atoms with E-state index in [1.807, 2.05) is 48.5 Å². The highest BCUT2D eigenvalue weighted by Crippen LogP contribution is 2.28. The van der Waals surface area contributed by atoms with E-state index in [1.54, 1.807) is 12.3 Å². The van der Waals surface area contributed by atoms with Crippen LogP contribution in [0.15, 0.2) is 72.9 Å². The molecule has 1 N–H and O–H groups in total. The number of rotatable bonds is 1. The Balaban J connectivity index is 1.78. The zero-order valence-corrected chi connectivity index (χ0v) is 13.2. The first kappa shape index (κ1) is 13.9. The standard InChI is InChI=1S/C21H13N3O/c25-18-5-1-3-13-8-10-16(23-19(13)18)17-11-9-15-7-6-14-4-2-12-22-20(14)21(15)24-17/h1-12,25H. The summed E-state index contributed by atoms with van der Waals surface area (Å²) in [6.45, 7) is 0. The van der Waals surface area contributed by atoms with Crippen LogP contribution in [-0.4, -0.2) is 20.1 Å². The van der Waals surface area contributed by atoms with Gasteiger partial charge in [0.05, 0.1) is 22.4 Å². The number of benzene rings is 2. The number of phenols is 1. The smallest absolute Gasteiger partial charge is 0.141 e. The minimum absolute atomic E-state index is 0.173. The summed E-state index contributed by atoms with van der Waals surface area (Å²) < 4.78 is 0. The molecule has 3 aromatic heterocycles. The van der Waals surface area contributed by atoms with Crippen LogP contribution < -0.4 is 0 Å². The third-order valence-electron chi connectivity index (χ3n) is 4.39. The number of aromatic hydroxyl groups is 1. The van der Waals surface area contributed by atoms with Crippen molar-refractivity contribution in [3.8, 4) is 17.1 Å². The van der Waals surface area contributed by atoms with Gasteiger partial charge in [-0.15, -0.1) is 0 Å². The van der Waals surface area contributed by atoms with Gasteiger partial charge < -0.3 is 5.11 Å². The van der Waals surface area contributed by atoms with Crippen LogP contribution in [0.4, 0.5) is 0 Å². The third kappa shape index (κ3) is 2.19. The summed E-state index contributed by atoms with van der Waals surface area (Å²) in [5, 5.41) is 13.1. The average Bonchev–Trinajstić information content (AvgIpc) is 2.67. The zero-order valence-electron chi connectivity index (χ0n) is 13.2. The van der Waals surface area contributed by atoms with E-state index in [9.17, 15) is 5.11 Å². The molecule has 5 aromatic rings. The molecule has 0 fully saturated rings. The number of aromatic nitrogens is 3. The predicted octanol–water partition coefficient (Wildman–Crippen LogP) is 4.70. The number of hydrogen-bond acceptors (Lipinski definition) is 4. The maximum atomic E-state index is 10.1. The lowest BCUT2D eigenvalue weighted by Gasteiger charge is -2.07. The molecule has 0 radical (unpaired) electrons. The van der Waals surface area contributed by atoms with Crippen LogP contribution in [-0.2, 0) is 0 Å². The van der Waals surface area contributed by atoms with Crippen molar-refractivity contribution in [3.05, 3.63) is 72.9 Å². The lowest BCUT2D eigenvalue weighted by molar-refractivity contribution is 0.480. The molecule has 25 heavy (non-hydrogen) atoms. The summed E-state index contributed by atoms with van der Waals surface area (Å²) in [6, 6.07) is 21.3. The number of pyridine rings is 3. The van der Waals surface area contributed by atoms with E-state index in [0.29, 0.717) is 5.52 Å². The third-order valence-corrected chi connectivity index (χ3v) is 4.39. The lowest BCUT2D eigenvalue weighted by Crippen LogP contribution is -1.91. The summed E-state index contributed by atoms with van der Waals surface area (Å²) in [5.74, 6) is 0.173. The van der Waals surface area contributed by atoms with Crippen molar-refractivity contribution in [3.63, 3.8) is 0 Å². The molecule has 4 heteroatoms. The average molecular weight is 323 g/mol. The number of para-hydroxylation sites is 1. The fourth-order valence-corrected chi connectivity index (χ4v) is 3.14. The Kier molecular flexibility index (Phi) is 2.91. The van der Waals surface area contributed by atoms with Crippen molar-refractivity contribution in [2.24, 2.45) is 0 Å². The van der Waals surface area contributed by atoms with Crippen LogP contribution in [0.1, 0.15) is 0 Å². The first-order valence-electron chi connectivity index (χ1n) is 8.03. The number of hydrogen-bond donors (Lipinski definition) is 1. The second-order valence-electron chi connectivity index (χ2n) is 5.95. The van der Waals surface area contributed by atoms with Gasteiger partial charge in [0.25, 0.3) is 0 Å². The van der Waals surface area contributed by atoms with Crippen LogP contribution in [0.3, 0.4) is 0 Å². The Bertz CT molecular complexity index is 1260. The van der Waals surface area contributed by atoms with Crippen LogP contribution >= 0.6 is 0 Å². The minimum atomic E-state index is 0.173. The van der Waals surface area contributed by atoms with Crippen LogP contribution in [0.5, 0.6) is 5.75 Å². The molecule has 0 saturated heterocycles. The zero-order chi connectivity index (χ0) is 16.8. The van der Waals surface area contributed by atoms with E-state index in [-0.39, 0.29) is 5.75 Å². The Morgan fingerprint density at radius 3 is 1.96 bits per heavy atom. The number of phenolic OH excluding ortho intramolecular Hbond substituents is 1. The molecular formula is C21H13N3O. The highest BCUT2D eigenvalue weighted by Gasteiger charge is 2.09. The van der Waals surface area contributed by atoms with Gasteiger partial charge >= 0.3 is 0 Å². The van der Waals surface area contributed by atoms with Crippen LogP contribution in [0.25, 0.3) is 44.1 Å². The van der Waals surface area contributed by atoms with Gasteiger partial charge in [0.2, 0.25) is 0 Å². The van der Waals surface area contributed by atoms with E-state index in [0.717, 1.165) is 38.6 Å². The van der Waals surface area contributed by atoms with Gasteiger partial charge in [0.15, 0.2) is 0 Å². The molecule has 0 unspecified atom stereocenters. The van der Waals surface area contributed by atoms with E-state index in [4.69, 9.17) is 4.98 Å². The largest absolute Gasteiger partial charge is 0.506 e. The molecule has 0 atom stereocenters. The van der Waals surface area contributed by atoms with Crippen LogP contribution in [0.2, 0.25) is 0 Å². The lowest BCUT2D eigenvalue weighted by atomic mass is 10.1. The Labute approximate surface area is 143 Å². The van der Waals surface area contributed by atoms with Gasteiger partial charge in [0, 0.05) is 22.4 Å². The minimum Gasteiger partial charge on any atom is -0.506 e. The van der Waals surface area contributed by atoms with E-state index in [1.165, 1.54) is 0 Å². The van der Waals surface area contributed by atoms with Gasteiger partial charge in [-0.2, -0.15) is 0 Å². The molecule has 0 saturated carbocycles. The molecule has 118 valence electrons. The SMILES string of the molecule is Oc1cccc2ccc(-c3ccc4ccc5cccnc5c4n3)nc12. The van der Waals surface area contributed by atoms with Crippen molar-refractivity contribution >= 4 is 32.7 Å². The maximum absolute atomic E-state index is 10.1. The fraction of sp³-hybridized carbons (Fsp3) is 0. The van der Waals surface area contributed by atoms with Crippen molar-refractivity contribution in [1.82, 2.24) is 15.0 Å². The molecule has 3 heterocycles. The van der Waals surface area contributed by atoms with Crippen molar-refractivity contribution in [1.29, 1.82) is 0 Å².